The fourth-order valence-corrected chi connectivity index (χ4v) is 2.09. The van der Waals surface area contributed by atoms with Crippen molar-refractivity contribution in [1.29, 1.82) is 0 Å². The van der Waals surface area contributed by atoms with Crippen LogP contribution in [0.3, 0.4) is 0 Å². The Hall–Kier alpha value is -3.21. The molecule has 0 atom stereocenters. The zero-order chi connectivity index (χ0) is 16.6. The van der Waals surface area contributed by atoms with Crippen molar-refractivity contribution in [2.45, 2.75) is 13.0 Å². The number of hydrogen-bond acceptors (Lipinski definition) is 5. The molecule has 5 heteroatoms. The average Bonchev–Trinajstić information content (AvgIpc) is 2.62. The van der Waals surface area contributed by atoms with Gasteiger partial charge in [-0.25, -0.2) is 4.98 Å². The second kappa shape index (κ2) is 7.87. The molecule has 0 fully saturated rings. The van der Waals surface area contributed by atoms with Crippen molar-refractivity contribution in [2.75, 3.05) is 0 Å². The molecule has 5 nitrogen and oxygen atoms in total. The van der Waals surface area contributed by atoms with Gasteiger partial charge in [-0.3, -0.25) is 4.79 Å². The fourth-order valence-electron chi connectivity index (χ4n) is 2.09. The van der Waals surface area contributed by atoms with E-state index in [-0.39, 0.29) is 12.4 Å². The van der Waals surface area contributed by atoms with Crippen LogP contribution in [-0.4, -0.2) is 15.9 Å². The molecule has 1 heterocycles. The third-order valence-electron chi connectivity index (χ3n) is 3.23. The summed E-state index contributed by atoms with van der Waals surface area (Å²) < 4.78 is 10.8. The Morgan fingerprint density at radius 3 is 2.25 bits per heavy atom. The third-order valence-corrected chi connectivity index (χ3v) is 3.23. The predicted octanol–water partition coefficient (Wildman–Crippen LogP) is 3.20. The molecule has 0 spiro atoms. The van der Waals surface area contributed by atoms with Crippen molar-refractivity contribution in [2.24, 2.45) is 0 Å². The largest absolute Gasteiger partial charge is 0.473 e. The molecule has 0 saturated carbocycles. The maximum absolute atomic E-state index is 11.9. The highest BCUT2D eigenvalue weighted by atomic mass is 16.6. The van der Waals surface area contributed by atoms with Crippen LogP contribution < -0.4 is 9.47 Å². The molecule has 3 rings (SSSR count). The average molecular weight is 320 g/mol. The lowest BCUT2D eigenvalue weighted by Gasteiger charge is -2.07. The molecular formula is C19H16N2O3. The van der Waals surface area contributed by atoms with Crippen molar-refractivity contribution in [1.82, 2.24) is 9.97 Å². The zero-order valence-electron chi connectivity index (χ0n) is 13.0. The Labute approximate surface area is 139 Å². The lowest BCUT2D eigenvalue weighted by molar-refractivity contribution is -0.134. The van der Waals surface area contributed by atoms with Crippen LogP contribution in [-0.2, 0) is 17.8 Å². The van der Waals surface area contributed by atoms with Crippen molar-refractivity contribution >= 4 is 5.97 Å². The van der Waals surface area contributed by atoms with Gasteiger partial charge in [0, 0.05) is 12.3 Å². The van der Waals surface area contributed by atoms with Crippen LogP contribution in [0, 0.1) is 0 Å². The van der Waals surface area contributed by atoms with Gasteiger partial charge in [-0.15, -0.1) is 0 Å². The highest BCUT2D eigenvalue weighted by Gasteiger charge is 2.09. The summed E-state index contributed by atoms with van der Waals surface area (Å²) in [6.07, 6.45) is 1.66. The Morgan fingerprint density at radius 2 is 1.54 bits per heavy atom. The topological polar surface area (TPSA) is 61.3 Å². The van der Waals surface area contributed by atoms with E-state index in [1.54, 1.807) is 6.07 Å². The molecule has 0 unspecified atom stereocenters. The Morgan fingerprint density at radius 1 is 0.875 bits per heavy atom. The molecule has 0 aliphatic rings. The number of ether oxygens (including phenoxy) is 2. The van der Waals surface area contributed by atoms with Gasteiger partial charge in [0.05, 0.1) is 6.42 Å². The maximum atomic E-state index is 11.9. The van der Waals surface area contributed by atoms with E-state index in [2.05, 4.69) is 9.97 Å². The number of benzene rings is 2. The summed E-state index contributed by atoms with van der Waals surface area (Å²) in [5, 5.41) is 0. The minimum Gasteiger partial charge on any atom is -0.473 e. The van der Waals surface area contributed by atoms with Gasteiger partial charge in [-0.1, -0.05) is 60.7 Å². The minimum atomic E-state index is -0.415. The van der Waals surface area contributed by atoms with E-state index in [4.69, 9.17) is 9.47 Å². The molecule has 0 saturated heterocycles. The van der Waals surface area contributed by atoms with Crippen molar-refractivity contribution in [3.05, 3.63) is 84.1 Å². The Kier molecular flexibility index (Phi) is 5.14. The lowest BCUT2D eigenvalue weighted by Crippen LogP contribution is -2.13. The summed E-state index contributed by atoms with van der Waals surface area (Å²) in [7, 11) is 0. The first kappa shape index (κ1) is 15.7. The molecule has 0 amide bonds. The summed E-state index contributed by atoms with van der Waals surface area (Å²) in [6.45, 7) is 0.384. The number of carbonyl (C=O) groups excluding carboxylic acids is 1. The predicted molar refractivity (Wildman–Crippen MR) is 88.6 cm³/mol. The summed E-state index contributed by atoms with van der Waals surface area (Å²) in [6, 6.07) is 20.7. The van der Waals surface area contributed by atoms with Gasteiger partial charge < -0.3 is 9.47 Å². The SMILES string of the molecule is O=C(Cc1ccccc1)Oc1nccc(OCc2ccccc2)n1. The number of esters is 1. The zero-order valence-corrected chi connectivity index (χ0v) is 13.0. The fraction of sp³-hybridized carbons (Fsp3) is 0.105. The van der Waals surface area contributed by atoms with Crippen LogP contribution in [0.25, 0.3) is 0 Å². The van der Waals surface area contributed by atoms with Gasteiger partial charge in [-0.2, -0.15) is 4.98 Å². The van der Waals surface area contributed by atoms with Gasteiger partial charge in [0.2, 0.25) is 5.88 Å². The van der Waals surface area contributed by atoms with Crippen LogP contribution >= 0.6 is 0 Å². The molecule has 0 bridgehead atoms. The lowest BCUT2D eigenvalue weighted by atomic mass is 10.2. The van der Waals surface area contributed by atoms with Gasteiger partial charge in [0.15, 0.2) is 0 Å². The second-order valence-corrected chi connectivity index (χ2v) is 5.09. The molecule has 120 valence electrons. The van der Waals surface area contributed by atoms with Crippen molar-refractivity contribution < 1.29 is 14.3 Å². The molecular weight excluding hydrogens is 304 g/mol. The molecule has 1 aromatic heterocycles. The first-order valence-corrected chi connectivity index (χ1v) is 7.54. The van der Waals surface area contributed by atoms with Crippen LogP contribution in [0.15, 0.2) is 72.9 Å². The smallest absolute Gasteiger partial charge is 0.327 e. The molecule has 3 aromatic rings. The quantitative estimate of drug-likeness (QED) is 0.653. The van der Waals surface area contributed by atoms with E-state index in [1.807, 2.05) is 60.7 Å². The summed E-state index contributed by atoms with van der Waals surface area (Å²) in [4.78, 5) is 20.0. The number of hydrogen-bond donors (Lipinski definition) is 0. The minimum absolute atomic E-state index is 0.0125. The van der Waals surface area contributed by atoms with Crippen LogP contribution in [0.1, 0.15) is 11.1 Å². The molecule has 0 aliphatic carbocycles. The highest BCUT2D eigenvalue weighted by molar-refractivity contribution is 5.74. The van der Waals surface area contributed by atoms with E-state index in [0.717, 1.165) is 11.1 Å². The number of carbonyl (C=O) groups is 1. The molecule has 2 aromatic carbocycles. The molecule has 24 heavy (non-hydrogen) atoms. The summed E-state index contributed by atoms with van der Waals surface area (Å²) in [5.74, 6) is -0.0576. The van der Waals surface area contributed by atoms with E-state index in [1.165, 1.54) is 6.20 Å². The monoisotopic (exact) mass is 320 g/mol. The Balaban J connectivity index is 1.57. The summed E-state index contributed by atoms with van der Waals surface area (Å²) in [5.41, 5.74) is 1.90. The van der Waals surface area contributed by atoms with Crippen LogP contribution in [0.4, 0.5) is 0 Å². The highest BCUT2D eigenvalue weighted by Crippen LogP contribution is 2.13. The number of rotatable bonds is 6. The Bertz CT molecular complexity index is 792. The van der Waals surface area contributed by atoms with Crippen LogP contribution in [0.5, 0.6) is 11.9 Å². The van der Waals surface area contributed by atoms with E-state index in [9.17, 15) is 4.79 Å². The normalized spacial score (nSPS) is 10.2. The van der Waals surface area contributed by atoms with Gasteiger partial charge >= 0.3 is 12.0 Å². The number of aromatic nitrogens is 2. The molecule has 0 N–H and O–H groups in total. The van der Waals surface area contributed by atoms with Gasteiger partial charge in [0.25, 0.3) is 0 Å². The number of nitrogens with zero attached hydrogens (tertiary/aromatic N) is 2. The van der Waals surface area contributed by atoms with E-state index < -0.39 is 5.97 Å². The molecule has 0 aliphatic heterocycles. The van der Waals surface area contributed by atoms with Gasteiger partial charge in [0.1, 0.15) is 6.61 Å². The molecule has 0 radical (unpaired) electrons. The van der Waals surface area contributed by atoms with E-state index >= 15 is 0 Å². The van der Waals surface area contributed by atoms with Crippen molar-refractivity contribution in [3.8, 4) is 11.9 Å². The first-order chi connectivity index (χ1) is 11.8. The van der Waals surface area contributed by atoms with Crippen LogP contribution in [0.2, 0.25) is 0 Å². The first-order valence-electron chi connectivity index (χ1n) is 7.54. The maximum Gasteiger partial charge on any atom is 0.327 e. The summed E-state index contributed by atoms with van der Waals surface area (Å²) >= 11 is 0. The van der Waals surface area contributed by atoms with E-state index in [0.29, 0.717) is 12.5 Å². The van der Waals surface area contributed by atoms with Crippen molar-refractivity contribution in [3.63, 3.8) is 0 Å². The van der Waals surface area contributed by atoms with Gasteiger partial charge in [-0.05, 0) is 11.1 Å². The standard InChI is InChI=1S/C19H16N2O3/c22-18(13-15-7-3-1-4-8-15)24-19-20-12-11-17(21-19)23-14-16-9-5-2-6-10-16/h1-12H,13-14H2. The second-order valence-electron chi connectivity index (χ2n) is 5.09. The third kappa shape index (κ3) is 4.64.